The Balaban J connectivity index is 2.19. The molecular weight excluding hydrogens is 310 g/mol. The van der Waals surface area contributed by atoms with Crippen LogP contribution in [0.1, 0.15) is 6.04 Å². The Morgan fingerprint density at radius 3 is 2.93 bits per heavy atom. The first kappa shape index (κ1) is 9.53. The van der Waals surface area contributed by atoms with Crippen LogP contribution in [0.3, 0.4) is 0 Å². The van der Waals surface area contributed by atoms with Gasteiger partial charge in [0, 0.05) is 6.07 Å². The van der Waals surface area contributed by atoms with Gasteiger partial charge in [0.1, 0.15) is 5.82 Å². The van der Waals surface area contributed by atoms with Crippen LogP contribution in [0.15, 0.2) is 18.5 Å². The van der Waals surface area contributed by atoms with Crippen molar-refractivity contribution in [1.82, 2.24) is 9.55 Å². The monoisotopic (exact) mass is 318 g/mol. The molecule has 78 valence electrons. The average Bonchev–Trinajstić information content (AvgIpc) is 2.48. The van der Waals surface area contributed by atoms with E-state index in [4.69, 9.17) is 4.74 Å². The van der Waals surface area contributed by atoms with Crippen molar-refractivity contribution in [2.24, 2.45) is 0 Å². The molecule has 3 nitrogen and oxygen atoms in total. The van der Waals surface area contributed by atoms with Gasteiger partial charge in [-0.25, -0.2) is 9.37 Å². The highest BCUT2D eigenvalue weighted by molar-refractivity contribution is 14.1. The molecule has 1 aromatic heterocycles. The van der Waals surface area contributed by atoms with Gasteiger partial charge in [0.25, 0.3) is 0 Å². The van der Waals surface area contributed by atoms with E-state index in [0.717, 1.165) is 11.0 Å². The summed E-state index contributed by atoms with van der Waals surface area (Å²) in [6.07, 6.45) is 1.76. The van der Waals surface area contributed by atoms with Gasteiger partial charge < -0.3 is 9.30 Å². The standard InChI is InChI=1S/C10H8FIN2O/c11-7-1-10-9(2-8(7)12)13-5-14(10)6-3-15-4-6/h1-2,5-6H,3-4H2. The first-order chi connectivity index (χ1) is 7.25. The normalized spacial score (nSPS) is 16.9. The van der Waals surface area contributed by atoms with Crippen LogP contribution in [0.4, 0.5) is 4.39 Å². The van der Waals surface area contributed by atoms with Crippen molar-refractivity contribution >= 4 is 33.6 Å². The van der Waals surface area contributed by atoms with Crippen LogP contribution in [0.2, 0.25) is 0 Å². The zero-order chi connectivity index (χ0) is 10.4. The Morgan fingerprint density at radius 1 is 1.47 bits per heavy atom. The summed E-state index contributed by atoms with van der Waals surface area (Å²) in [4.78, 5) is 4.26. The second kappa shape index (κ2) is 3.41. The number of hydrogen-bond donors (Lipinski definition) is 0. The Morgan fingerprint density at radius 2 is 2.27 bits per heavy atom. The number of aromatic nitrogens is 2. The smallest absolute Gasteiger partial charge is 0.138 e. The van der Waals surface area contributed by atoms with Crippen molar-refractivity contribution in [1.29, 1.82) is 0 Å². The summed E-state index contributed by atoms with van der Waals surface area (Å²) in [5.74, 6) is -0.190. The minimum Gasteiger partial charge on any atom is -0.377 e. The topological polar surface area (TPSA) is 27.1 Å². The van der Waals surface area contributed by atoms with Crippen molar-refractivity contribution in [2.45, 2.75) is 6.04 Å². The average molecular weight is 318 g/mol. The highest BCUT2D eigenvalue weighted by atomic mass is 127. The SMILES string of the molecule is Fc1cc2c(cc1I)ncn2C1COC1. The molecule has 0 unspecified atom stereocenters. The Bertz CT molecular complexity index is 521. The molecule has 0 spiro atoms. The van der Waals surface area contributed by atoms with Gasteiger partial charge in [-0.3, -0.25) is 0 Å². The number of ether oxygens (including phenoxy) is 1. The van der Waals surface area contributed by atoms with Crippen molar-refractivity contribution in [2.75, 3.05) is 13.2 Å². The number of nitrogens with zero attached hydrogens (tertiary/aromatic N) is 2. The molecular formula is C10H8FIN2O. The minimum atomic E-state index is -0.190. The zero-order valence-electron chi connectivity index (χ0n) is 7.78. The van der Waals surface area contributed by atoms with Crippen LogP contribution in [0, 0.1) is 9.39 Å². The van der Waals surface area contributed by atoms with Gasteiger partial charge in [-0.2, -0.15) is 0 Å². The lowest BCUT2D eigenvalue weighted by atomic mass is 10.2. The van der Waals surface area contributed by atoms with Crippen LogP contribution >= 0.6 is 22.6 Å². The molecule has 0 amide bonds. The summed E-state index contributed by atoms with van der Waals surface area (Å²) >= 11 is 1.97. The lowest BCUT2D eigenvalue weighted by molar-refractivity contribution is -0.0216. The van der Waals surface area contributed by atoms with Crippen molar-refractivity contribution in [3.8, 4) is 0 Å². The second-order valence-corrected chi connectivity index (χ2v) is 4.76. The highest BCUT2D eigenvalue weighted by Gasteiger charge is 2.22. The molecule has 1 aliphatic rings. The van der Waals surface area contributed by atoms with E-state index in [1.807, 2.05) is 27.2 Å². The van der Waals surface area contributed by atoms with E-state index in [9.17, 15) is 4.39 Å². The summed E-state index contributed by atoms with van der Waals surface area (Å²) in [6, 6.07) is 3.62. The summed E-state index contributed by atoms with van der Waals surface area (Å²) < 4.78 is 21.1. The molecule has 0 atom stereocenters. The molecule has 0 bridgehead atoms. The largest absolute Gasteiger partial charge is 0.377 e. The number of rotatable bonds is 1. The number of hydrogen-bond acceptors (Lipinski definition) is 2. The molecule has 1 saturated heterocycles. The van der Waals surface area contributed by atoms with Gasteiger partial charge in [-0.15, -0.1) is 0 Å². The fourth-order valence-electron chi connectivity index (χ4n) is 1.70. The van der Waals surface area contributed by atoms with Gasteiger partial charge in [0.05, 0.1) is 40.2 Å². The molecule has 3 rings (SSSR count). The zero-order valence-corrected chi connectivity index (χ0v) is 9.94. The summed E-state index contributed by atoms with van der Waals surface area (Å²) in [7, 11) is 0. The van der Waals surface area contributed by atoms with E-state index in [1.54, 1.807) is 18.5 Å². The van der Waals surface area contributed by atoms with Gasteiger partial charge in [0.15, 0.2) is 0 Å². The fourth-order valence-corrected chi connectivity index (χ4v) is 2.15. The Labute approximate surface area is 99.4 Å². The third-order valence-electron chi connectivity index (χ3n) is 2.63. The van der Waals surface area contributed by atoms with Crippen LogP contribution < -0.4 is 0 Å². The molecule has 0 saturated carbocycles. The number of benzene rings is 1. The maximum atomic E-state index is 13.4. The van der Waals surface area contributed by atoms with Gasteiger partial charge in [-0.05, 0) is 28.7 Å². The van der Waals surface area contributed by atoms with Crippen molar-refractivity contribution in [3.63, 3.8) is 0 Å². The molecule has 2 heterocycles. The molecule has 1 aromatic carbocycles. The lowest BCUT2D eigenvalue weighted by Crippen LogP contribution is -2.30. The first-order valence-electron chi connectivity index (χ1n) is 4.65. The Hall–Kier alpha value is -0.690. The van der Waals surface area contributed by atoms with E-state index in [2.05, 4.69) is 4.98 Å². The fraction of sp³-hybridized carbons (Fsp3) is 0.300. The number of fused-ring (bicyclic) bond motifs is 1. The Kier molecular flexibility index (Phi) is 2.17. The second-order valence-electron chi connectivity index (χ2n) is 3.60. The molecule has 0 radical (unpaired) electrons. The number of imidazole rings is 1. The quantitative estimate of drug-likeness (QED) is 0.755. The third kappa shape index (κ3) is 1.45. The molecule has 1 fully saturated rings. The maximum absolute atomic E-state index is 13.4. The highest BCUT2D eigenvalue weighted by Crippen LogP contribution is 2.25. The summed E-state index contributed by atoms with van der Waals surface area (Å²) in [5, 5.41) is 0. The van der Waals surface area contributed by atoms with Crippen LogP contribution in [0.5, 0.6) is 0 Å². The maximum Gasteiger partial charge on any atom is 0.138 e. The molecule has 5 heteroatoms. The summed E-state index contributed by atoms with van der Waals surface area (Å²) in [5.41, 5.74) is 1.69. The summed E-state index contributed by atoms with van der Waals surface area (Å²) in [6.45, 7) is 1.39. The van der Waals surface area contributed by atoms with Gasteiger partial charge >= 0.3 is 0 Å². The minimum absolute atomic E-state index is 0.190. The van der Waals surface area contributed by atoms with Gasteiger partial charge in [0.2, 0.25) is 0 Å². The molecule has 2 aromatic rings. The molecule has 1 aliphatic heterocycles. The third-order valence-corrected chi connectivity index (χ3v) is 3.46. The van der Waals surface area contributed by atoms with E-state index >= 15 is 0 Å². The van der Waals surface area contributed by atoms with Crippen LogP contribution in [-0.2, 0) is 4.74 Å². The van der Waals surface area contributed by atoms with Gasteiger partial charge in [-0.1, -0.05) is 0 Å². The lowest BCUT2D eigenvalue weighted by Gasteiger charge is -2.27. The van der Waals surface area contributed by atoms with Crippen molar-refractivity contribution in [3.05, 3.63) is 27.8 Å². The molecule has 15 heavy (non-hydrogen) atoms. The van der Waals surface area contributed by atoms with Crippen LogP contribution in [-0.4, -0.2) is 22.8 Å². The van der Waals surface area contributed by atoms with E-state index in [1.165, 1.54) is 0 Å². The van der Waals surface area contributed by atoms with E-state index in [-0.39, 0.29) is 5.82 Å². The predicted molar refractivity (Wildman–Crippen MR) is 62.3 cm³/mol. The van der Waals surface area contributed by atoms with E-state index < -0.39 is 0 Å². The molecule has 0 N–H and O–H groups in total. The molecule has 0 aliphatic carbocycles. The van der Waals surface area contributed by atoms with Crippen LogP contribution in [0.25, 0.3) is 11.0 Å². The van der Waals surface area contributed by atoms with Crippen molar-refractivity contribution < 1.29 is 9.13 Å². The predicted octanol–water partition coefficient (Wildman–Crippen LogP) is 2.35. The van der Waals surface area contributed by atoms with E-state index in [0.29, 0.717) is 22.8 Å². The first-order valence-corrected chi connectivity index (χ1v) is 5.73. The number of halogens is 2.